The first-order valence-electron chi connectivity index (χ1n) is 6.45. The van der Waals surface area contributed by atoms with E-state index in [1.165, 1.54) is 4.88 Å². The van der Waals surface area contributed by atoms with E-state index in [-0.39, 0.29) is 18.7 Å². The van der Waals surface area contributed by atoms with Crippen LogP contribution in [0.15, 0.2) is 15.9 Å². The Balaban J connectivity index is 2.85. The van der Waals surface area contributed by atoms with Crippen LogP contribution in [0.1, 0.15) is 37.6 Å². The van der Waals surface area contributed by atoms with Crippen molar-refractivity contribution in [1.29, 1.82) is 0 Å². The molecule has 0 aliphatic rings. The summed E-state index contributed by atoms with van der Waals surface area (Å²) in [6, 6.07) is 4.43. The van der Waals surface area contributed by atoms with E-state index in [1.54, 1.807) is 11.3 Å². The third-order valence-electron chi connectivity index (χ3n) is 2.96. The van der Waals surface area contributed by atoms with Crippen LogP contribution in [0.4, 0.5) is 0 Å². The molecule has 3 nitrogen and oxygen atoms in total. The third-order valence-corrected chi connectivity index (χ3v) is 4.66. The zero-order valence-corrected chi connectivity index (χ0v) is 13.5. The van der Waals surface area contributed by atoms with Crippen molar-refractivity contribution in [2.75, 3.05) is 19.7 Å². The number of unbranched alkanes of at least 4 members (excludes halogenated alkanes) is 1. The number of halogens is 1. The molecule has 0 bridgehead atoms. The van der Waals surface area contributed by atoms with Gasteiger partial charge < -0.3 is 10.8 Å². The largest absolute Gasteiger partial charge is 0.395 e. The van der Waals surface area contributed by atoms with Crippen molar-refractivity contribution in [3.63, 3.8) is 0 Å². The van der Waals surface area contributed by atoms with E-state index in [2.05, 4.69) is 39.9 Å². The van der Waals surface area contributed by atoms with Crippen molar-refractivity contribution in [3.05, 3.63) is 20.8 Å². The lowest BCUT2D eigenvalue weighted by atomic mass is 10.1. The Bertz CT molecular complexity index is 343. The highest BCUT2D eigenvalue weighted by molar-refractivity contribution is 9.11. The van der Waals surface area contributed by atoms with E-state index >= 15 is 0 Å². The number of hydrogen-bond donors (Lipinski definition) is 2. The van der Waals surface area contributed by atoms with Crippen LogP contribution in [0, 0.1) is 0 Å². The molecule has 0 amide bonds. The predicted molar refractivity (Wildman–Crippen MR) is 82.0 cm³/mol. The summed E-state index contributed by atoms with van der Waals surface area (Å²) in [7, 11) is 0. The highest BCUT2D eigenvalue weighted by atomic mass is 79.9. The number of aliphatic hydroxyl groups excluding tert-OH is 1. The summed E-state index contributed by atoms with van der Waals surface area (Å²) < 4.78 is 1.13. The lowest BCUT2D eigenvalue weighted by Gasteiger charge is -2.33. The maximum absolute atomic E-state index is 9.23. The molecule has 18 heavy (non-hydrogen) atoms. The number of hydrogen-bond acceptors (Lipinski definition) is 4. The van der Waals surface area contributed by atoms with Gasteiger partial charge in [0.05, 0.1) is 16.4 Å². The molecule has 2 atom stereocenters. The Morgan fingerprint density at radius 2 is 2.17 bits per heavy atom. The number of nitrogens with zero attached hydrogens (tertiary/aromatic N) is 1. The minimum absolute atomic E-state index is 0.0546. The molecule has 1 aromatic rings. The highest BCUT2D eigenvalue weighted by Crippen LogP contribution is 2.32. The number of aliphatic hydroxyl groups is 1. The molecule has 0 saturated carbocycles. The summed E-state index contributed by atoms with van der Waals surface area (Å²) in [5.74, 6) is 0. The van der Waals surface area contributed by atoms with Crippen molar-refractivity contribution in [1.82, 2.24) is 4.90 Å². The second-order valence-electron chi connectivity index (χ2n) is 4.56. The maximum atomic E-state index is 9.23. The first-order valence-corrected chi connectivity index (χ1v) is 8.06. The van der Waals surface area contributed by atoms with Crippen LogP contribution in [0.3, 0.4) is 0 Å². The summed E-state index contributed by atoms with van der Waals surface area (Å²) in [5, 5.41) is 9.23. The average molecular weight is 335 g/mol. The van der Waals surface area contributed by atoms with Gasteiger partial charge in [-0.1, -0.05) is 13.3 Å². The van der Waals surface area contributed by atoms with Crippen molar-refractivity contribution in [3.8, 4) is 0 Å². The van der Waals surface area contributed by atoms with E-state index in [0.29, 0.717) is 6.54 Å². The van der Waals surface area contributed by atoms with Crippen LogP contribution < -0.4 is 5.73 Å². The van der Waals surface area contributed by atoms with E-state index in [1.807, 2.05) is 6.92 Å². The topological polar surface area (TPSA) is 49.5 Å². The smallest absolute Gasteiger partial charge is 0.0702 e. The lowest BCUT2D eigenvalue weighted by molar-refractivity contribution is 0.137. The summed E-state index contributed by atoms with van der Waals surface area (Å²) in [5.41, 5.74) is 6.15. The molecule has 104 valence electrons. The van der Waals surface area contributed by atoms with Gasteiger partial charge in [0, 0.05) is 17.5 Å². The summed E-state index contributed by atoms with van der Waals surface area (Å²) in [4.78, 5) is 3.56. The predicted octanol–water partition coefficient (Wildman–Crippen LogP) is 2.99. The van der Waals surface area contributed by atoms with Crippen LogP contribution in [-0.4, -0.2) is 35.7 Å². The van der Waals surface area contributed by atoms with Crippen molar-refractivity contribution >= 4 is 27.3 Å². The molecule has 1 rings (SSSR count). The Hall–Kier alpha value is 0.0600. The van der Waals surface area contributed by atoms with Gasteiger partial charge in [-0.25, -0.2) is 0 Å². The average Bonchev–Trinajstić information content (AvgIpc) is 2.72. The van der Waals surface area contributed by atoms with Crippen molar-refractivity contribution in [2.45, 2.75) is 38.8 Å². The molecule has 3 N–H and O–H groups in total. The molecule has 1 aromatic heterocycles. The molecule has 0 saturated heterocycles. The molecule has 0 fully saturated rings. The van der Waals surface area contributed by atoms with Crippen LogP contribution in [-0.2, 0) is 0 Å². The first-order chi connectivity index (χ1) is 8.60. The van der Waals surface area contributed by atoms with Gasteiger partial charge in [0.15, 0.2) is 0 Å². The van der Waals surface area contributed by atoms with Crippen LogP contribution in [0.25, 0.3) is 0 Å². The van der Waals surface area contributed by atoms with E-state index in [0.717, 1.165) is 23.2 Å². The molecule has 0 aromatic carbocycles. The fourth-order valence-electron chi connectivity index (χ4n) is 2.14. The summed E-state index contributed by atoms with van der Waals surface area (Å²) in [6.07, 6.45) is 2.29. The third kappa shape index (κ3) is 4.63. The molecule has 1 heterocycles. The second-order valence-corrected chi connectivity index (χ2v) is 7.05. The fourth-order valence-corrected chi connectivity index (χ4v) is 3.81. The monoisotopic (exact) mass is 334 g/mol. The molecular formula is C13H23BrN2OS. The van der Waals surface area contributed by atoms with Gasteiger partial charge in [0.25, 0.3) is 0 Å². The van der Waals surface area contributed by atoms with Gasteiger partial charge in [-0.15, -0.1) is 11.3 Å². The van der Waals surface area contributed by atoms with Gasteiger partial charge in [-0.05, 0) is 48.0 Å². The van der Waals surface area contributed by atoms with E-state index in [9.17, 15) is 5.11 Å². The van der Waals surface area contributed by atoms with Crippen LogP contribution in [0.2, 0.25) is 0 Å². The van der Waals surface area contributed by atoms with Gasteiger partial charge in [-0.2, -0.15) is 0 Å². The lowest BCUT2D eigenvalue weighted by Crippen LogP contribution is -2.41. The zero-order valence-electron chi connectivity index (χ0n) is 11.1. The number of rotatable bonds is 8. The normalized spacial score (nSPS) is 15.0. The number of thiophene rings is 1. The molecule has 5 heteroatoms. The number of nitrogens with two attached hydrogens (primary N) is 1. The molecule has 0 aliphatic heterocycles. The Kier molecular flexibility index (Phi) is 7.41. The van der Waals surface area contributed by atoms with Crippen molar-refractivity contribution in [2.24, 2.45) is 5.73 Å². The molecular weight excluding hydrogens is 312 g/mol. The van der Waals surface area contributed by atoms with Gasteiger partial charge in [0.1, 0.15) is 0 Å². The molecule has 0 aliphatic carbocycles. The molecule has 0 spiro atoms. The SMILES string of the molecule is CCCCN(CCO)C(c1ccc(Br)s1)C(C)N. The molecule has 0 radical (unpaired) electrons. The van der Waals surface area contributed by atoms with Crippen LogP contribution in [0.5, 0.6) is 0 Å². The second kappa shape index (κ2) is 8.27. The Morgan fingerprint density at radius 3 is 2.61 bits per heavy atom. The summed E-state index contributed by atoms with van der Waals surface area (Å²) in [6.45, 7) is 6.06. The van der Waals surface area contributed by atoms with E-state index < -0.39 is 0 Å². The van der Waals surface area contributed by atoms with Gasteiger partial charge in [-0.3, -0.25) is 4.90 Å². The highest BCUT2D eigenvalue weighted by Gasteiger charge is 2.24. The van der Waals surface area contributed by atoms with Crippen molar-refractivity contribution < 1.29 is 5.11 Å². The van der Waals surface area contributed by atoms with Gasteiger partial charge in [0.2, 0.25) is 0 Å². The van der Waals surface area contributed by atoms with Crippen LogP contribution >= 0.6 is 27.3 Å². The minimum atomic E-state index is 0.0546. The standard InChI is InChI=1S/C13H23BrN2OS/c1-3-4-7-16(8-9-17)13(10(2)15)11-5-6-12(14)18-11/h5-6,10,13,17H,3-4,7-9,15H2,1-2H3. The fraction of sp³-hybridized carbons (Fsp3) is 0.692. The quantitative estimate of drug-likeness (QED) is 0.768. The minimum Gasteiger partial charge on any atom is -0.395 e. The Labute approximate surface area is 122 Å². The zero-order chi connectivity index (χ0) is 13.5. The van der Waals surface area contributed by atoms with Gasteiger partial charge >= 0.3 is 0 Å². The van der Waals surface area contributed by atoms with E-state index in [4.69, 9.17) is 5.73 Å². The Morgan fingerprint density at radius 1 is 1.44 bits per heavy atom. The maximum Gasteiger partial charge on any atom is 0.0702 e. The molecule has 2 unspecified atom stereocenters. The first kappa shape index (κ1) is 16.1. The summed E-state index contributed by atoms with van der Waals surface area (Å²) >= 11 is 5.23.